The van der Waals surface area contributed by atoms with Crippen LogP contribution in [-0.4, -0.2) is 25.6 Å². The van der Waals surface area contributed by atoms with Gasteiger partial charge in [0.1, 0.15) is 5.82 Å². The van der Waals surface area contributed by atoms with Gasteiger partial charge >= 0.3 is 5.97 Å². The molecule has 0 saturated carbocycles. The third-order valence-corrected chi connectivity index (χ3v) is 3.06. The summed E-state index contributed by atoms with van der Waals surface area (Å²) in [7, 11) is 1.82. The summed E-state index contributed by atoms with van der Waals surface area (Å²) >= 11 is 0. The van der Waals surface area contributed by atoms with Crippen LogP contribution in [0.1, 0.15) is 10.4 Å². The molecule has 0 spiro atoms. The predicted octanol–water partition coefficient (Wildman–Crippen LogP) is 2.33. The summed E-state index contributed by atoms with van der Waals surface area (Å²) in [6.45, 7) is 0. The summed E-state index contributed by atoms with van der Waals surface area (Å²) in [5.74, 6) is -0.221. The fourth-order valence-corrected chi connectivity index (χ4v) is 2.20. The lowest BCUT2D eigenvalue weighted by molar-refractivity contribution is 0.0698. The summed E-state index contributed by atoms with van der Waals surface area (Å²) in [6, 6.07) is 8.80. The number of pyridine rings is 1. The molecule has 0 aliphatic carbocycles. The van der Waals surface area contributed by atoms with Crippen LogP contribution in [0, 0.1) is 0 Å². The highest BCUT2D eigenvalue weighted by Crippen LogP contribution is 2.25. The van der Waals surface area contributed by atoms with Crippen molar-refractivity contribution in [3.05, 3.63) is 48.3 Å². The average molecular weight is 253 g/mol. The molecule has 3 rings (SSSR count). The van der Waals surface area contributed by atoms with Gasteiger partial charge in [-0.1, -0.05) is 6.07 Å². The van der Waals surface area contributed by atoms with Crippen molar-refractivity contribution < 1.29 is 9.90 Å². The molecule has 0 amide bonds. The lowest BCUT2D eigenvalue weighted by atomic mass is 10.2. The molecule has 1 aromatic carbocycles. The predicted molar refractivity (Wildman–Crippen MR) is 70.9 cm³/mol. The molecule has 0 aliphatic rings. The van der Waals surface area contributed by atoms with Crippen LogP contribution in [-0.2, 0) is 7.05 Å². The van der Waals surface area contributed by atoms with Gasteiger partial charge in [0.2, 0.25) is 0 Å². The number of fused-ring (bicyclic) bond motifs is 1. The Balaban J connectivity index is 2.33. The van der Waals surface area contributed by atoms with E-state index in [9.17, 15) is 9.90 Å². The number of hydrogen-bond acceptors (Lipinski definition) is 3. The topological polar surface area (TPSA) is 68.0 Å². The Kier molecular flexibility index (Phi) is 2.52. The molecule has 1 N–H and O–H groups in total. The van der Waals surface area contributed by atoms with Gasteiger partial charge in [0.15, 0.2) is 0 Å². The molecule has 5 heteroatoms. The van der Waals surface area contributed by atoms with Crippen molar-refractivity contribution in [1.82, 2.24) is 14.5 Å². The highest BCUT2D eigenvalue weighted by Gasteiger charge is 2.16. The number of aromatic carboxylic acids is 1. The highest BCUT2D eigenvalue weighted by atomic mass is 16.4. The first-order chi connectivity index (χ1) is 9.18. The Morgan fingerprint density at radius 3 is 2.63 bits per heavy atom. The summed E-state index contributed by atoms with van der Waals surface area (Å²) in [5, 5.41) is 9.24. The Morgan fingerprint density at radius 1 is 1.21 bits per heavy atom. The summed E-state index contributed by atoms with van der Waals surface area (Å²) in [4.78, 5) is 19.7. The molecule has 0 bridgehead atoms. The van der Waals surface area contributed by atoms with Crippen molar-refractivity contribution in [1.29, 1.82) is 0 Å². The molecule has 19 heavy (non-hydrogen) atoms. The minimum atomic E-state index is -0.949. The number of aromatic nitrogens is 3. The zero-order chi connectivity index (χ0) is 13.4. The number of benzene rings is 1. The van der Waals surface area contributed by atoms with E-state index in [0.717, 1.165) is 11.4 Å². The van der Waals surface area contributed by atoms with Gasteiger partial charge in [0.25, 0.3) is 0 Å². The standard InChI is InChI=1S/C14H11N3O2/c1-17-12-10(14(18)19)3-2-4-11(12)16-13(17)9-5-7-15-8-6-9/h2-8H,1H3,(H,18,19). The second-order valence-electron chi connectivity index (χ2n) is 4.21. The van der Waals surface area contributed by atoms with Gasteiger partial charge < -0.3 is 9.67 Å². The zero-order valence-corrected chi connectivity index (χ0v) is 10.2. The SMILES string of the molecule is Cn1c(-c2ccncc2)nc2cccc(C(=O)O)c21. The molecule has 2 heterocycles. The number of imidazole rings is 1. The van der Waals surface area contributed by atoms with Crippen LogP contribution < -0.4 is 0 Å². The second kappa shape index (κ2) is 4.20. The number of carboxylic acids is 1. The van der Waals surface area contributed by atoms with Crippen LogP contribution in [0.3, 0.4) is 0 Å². The maximum atomic E-state index is 11.3. The molecular weight excluding hydrogens is 242 g/mol. The van der Waals surface area contributed by atoms with Gasteiger partial charge in [-0.2, -0.15) is 0 Å². The molecule has 0 atom stereocenters. The lowest BCUT2D eigenvalue weighted by Gasteiger charge is -2.03. The Morgan fingerprint density at radius 2 is 1.95 bits per heavy atom. The third kappa shape index (κ3) is 1.76. The van der Waals surface area contributed by atoms with Gasteiger partial charge in [0, 0.05) is 25.0 Å². The van der Waals surface area contributed by atoms with Gasteiger partial charge in [-0.15, -0.1) is 0 Å². The van der Waals surface area contributed by atoms with Gasteiger partial charge in [-0.25, -0.2) is 9.78 Å². The van der Waals surface area contributed by atoms with E-state index in [4.69, 9.17) is 0 Å². The van der Waals surface area contributed by atoms with Crippen LogP contribution in [0.4, 0.5) is 0 Å². The van der Waals surface area contributed by atoms with Crippen molar-refractivity contribution in [3.8, 4) is 11.4 Å². The summed E-state index contributed by atoms with van der Waals surface area (Å²) < 4.78 is 1.80. The monoisotopic (exact) mass is 253 g/mol. The average Bonchev–Trinajstić information content (AvgIpc) is 2.77. The number of rotatable bonds is 2. The van der Waals surface area contributed by atoms with E-state index in [0.29, 0.717) is 11.0 Å². The van der Waals surface area contributed by atoms with Gasteiger partial charge in [-0.3, -0.25) is 4.98 Å². The molecule has 2 aromatic heterocycles. The van der Waals surface area contributed by atoms with E-state index in [2.05, 4.69) is 9.97 Å². The summed E-state index contributed by atoms with van der Waals surface area (Å²) in [5.41, 5.74) is 2.47. The number of carbonyl (C=O) groups is 1. The normalized spacial score (nSPS) is 10.8. The highest BCUT2D eigenvalue weighted by molar-refractivity contribution is 6.02. The van der Waals surface area contributed by atoms with Crippen LogP contribution >= 0.6 is 0 Å². The zero-order valence-electron chi connectivity index (χ0n) is 10.2. The number of aryl methyl sites for hydroxylation is 1. The lowest BCUT2D eigenvalue weighted by Crippen LogP contribution is -2.01. The van der Waals surface area contributed by atoms with E-state index in [1.165, 1.54) is 0 Å². The molecule has 0 fully saturated rings. The van der Waals surface area contributed by atoms with Crippen molar-refractivity contribution in [2.24, 2.45) is 7.05 Å². The molecule has 0 saturated heterocycles. The smallest absolute Gasteiger partial charge is 0.337 e. The van der Waals surface area contributed by atoms with Crippen LogP contribution in [0.2, 0.25) is 0 Å². The first-order valence-corrected chi connectivity index (χ1v) is 5.77. The number of hydrogen-bond donors (Lipinski definition) is 1. The number of nitrogens with zero attached hydrogens (tertiary/aromatic N) is 3. The molecular formula is C14H11N3O2. The maximum absolute atomic E-state index is 11.3. The van der Waals surface area contributed by atoms with Crippen molar-refractivity contribution >= 4 is 17.0 Å². The van der Waals surface area contributed by atoms with Gasteiger partial charge in [-0.05, 0) is 24.3 Å². The molecule has 5 nitrogen and oxygen atoms in total. The van der Waals surface area contributed by atoms with Crippen LogP contribution in [0.15, 0.2) is 42.7 Å². The van der Waals surface area contributed by atoms with E-state index in [-0.39, 0.29) is 5.56 Å². The summed E-state index contributed by atoms with van der Waals surface area (Å²) in [6.07, 6.45) is 3.37. The van der Waals surface area contributed by atoms with E-state index < -0.39 is 5.97 Å². The first-order valence-electron chi connectivity index (χ1n) is 5.77. The first kappa shape index (κ1) is 11.4. The largest absolute Gasteiger partial charge is 0.478 e. The van der Waals surface area contributed by atoms with E-state index in [1.54, 1.807) is 29.1 Å². The molecule has 0 aliphatic heterocycles. The van der Waals surface area contributed by atoms with Crippen molar-refractivity contribution in [2.45, 2.75) is 0 Å². The van der Waals surface area contributed by atoms with Crippen LogP contribution in [0.5, 0.6) is 0 Å². The van der Waals surface area contributed by atoms with Crippen molar-refractivity contribution in [2.75, 3.05) is 0 Å². The molecule has 0 radical (unpaired) electrons. The maximum Gasteiger partial charge on any atom is 0.337 e. The number of carboxylic acid groups (broad SMARTS) is 1. The van der Waals surface area contributed by atoms with E-state index >= 15 is 0 Å². The Bertz CT molecular complexity index is 763. The number of para-hydroxylation sites is 1. The fourth-order valence-electron chi connectivity index (χ4n) is 2.20. The molecule has 94 valence electrons. The fraction of sp³-hybridized carbons (Fsp3) is 0.0714. The Labute approximate surface area is 109 Å². The molecule has 0 unspecified atom stereocenters. The second-order valence-corrected chi connectivity index (χ2v) is 4.21. The van der Waals surface area contributed by atoms with Crippen LogP contribution in [0.25, 0.3) is 22.4 Å². The van der Waals surface area contributed by atoms with E-state index in [1.807, 2.05) is 25.2 Å². The quantitative estimate of drug-likeness (QED) is 0.761. The van der Waals surface area contributed by atoms with Gasteiger partial charge in [0.05, 0.1) is 16.6 Å². The Hall–Kier alpha value is -2.69. The minimum absolute atomic E-state index is 0.257. The van der Waals surface area contributed by atoms with Crippen molar-refractivity contribution in [3.63, 3.8) is 0 Å². The minimum Gasteiger partial charge on any atom is -0.478 e. The third-order valence-electron chi connectivity index (χ3n) is 3.06. The molecule has 3 aromatic rings.